The van der Waals surface area contributed by atoms with Gasteiger partial charge in [0.2, 0.25) is 0 Å². The minimum Gasteiger partial charge on any atom is -0.399 e. The topological polar surface area (TPSA) is 66.6 Å². The van der Waals surface area contributed by atoms with Gasteiger partial charge in [-0.3, -0.25) is 9.59 Å². The van der Waals surface area contributed by atoms with Crippen molar-refractivity contribution in [2.45, 2.75) is 19.8 Å². The van der Waals surface area contributed by atoms with Crippen molar-refractivity contribution in [2.75, 3.05) is 32.9 Å². The Morgan fingerprint density at radius 1 is 1.24 bits per heavy atom. The van der Waals surface area contributed by atoms with E-state index in [-0.39, 0.29) is 11.8 Å². The first-order valence-corrected chi connectivity index (χ1v) is 7.30. The van der Waals surface area contributed by atoms with E-state index in [0.29, 0.717) is 22.7 Å². The second-order valence-corrected chi connectivity index (χ2v) is 6.04. The highest BCUT2D eigenvalue weighted by atomic mass is 16.2. The molecule has 114 valence electrons. The molecule has 1 atom stereocenters. The number of benzene rings is 1. The lowest BCUT2D eigenvalue weighted by atomic mass is 9.99. The van der Waals surface area contributed by atoms with Crippen LogP contribution in [0.5, 0.6) is 0 Å². The minimum atomic E-state index is -0.150. The Kier molecular flexibility index (Phi) is 4.50. The van der Waals surface area contributed by atoms with Gasteiger partial charge in [0.05, 0.1) is 0 Å². The Bertz CT molecular complexity index is 554. The maximum absolute atomic E-state index is 12.6. The number of carbonyl (C=O) groups excluding carboxylic acids is 2. The van der Waals surface area contributed by atoms with Gasteiger partial charge in [0.25, 0.3) is 11.8 Å². The second-order valence-electron chi connectivity index (χ2n) is 6.04. The summed E-state index contributed by atoms with van der Waals surface area (Å²) in [6.07, 6.45) is 2.18. The van der Waals surface area contributed by atoms with Crippen LogP contribution >= 0.6 is 0 Å². The summed E-state index contributed by atoms with van der Waals surface area (Å²) in [7, 11) is 3.36. The molecular formula is C16H23N3O2. The molecule has 1 saturated heterocycles. The van der Waals surface area contributed by atoms with Gasteiger partial charge in [0.1, 0.15) is 0 Å². The molecule has 2 amide bonds. The lowest BCUT2D eigenvalue weighted by Gasteiger charge is -2.31. The lowest BCUT2D eigenvalue weighted by Crippen LogP contribution is -2.39. The highest BCUT2D eigenvalue weighted by Crippen LogP contribution is 2.20. The van der Waals surface area contributed by atoms with Crippen LogP contribution in [0.4, 0.5) is 5.69 Å². The number of amides is 2. The van der Waals surface area contributed by atoms with Crippen molar-refractivity contribution in [3.8, 4) is 0 Å². The van der Waals surface area contributed by atoms with Crippen LogP contribution < -0.4 is 5.73 Å². The molecule has 2 rings (SSSR count). The third-order valence-electron chi connectivity index (χ3n) is 3.80. The predicted octanol–water partition coefficient (Wildman–Crippen LogP) is 1.84. The Hall–Kier alpha value is -2.04. The number of hydrogen-bond acceptors (Lipinski definition) is 3. The highest BCUT2D eigenvalue weighted by Gasteiger charge is 2.23. The number of anilines is 1. The largest absolute Gasteiger partial charge is 0.399 e. The van der Waals surface area contributed by atoms with Crippen molar-refractivity contribution in [1.82, 2.24) is 9.80 Å². The van der Waals surface area contributed by atoms with Gasteiger partial charge in [-0.05, 0) is 37.0 Å². The Morgan fingerprint density at radius 2 is 1.90 bits per heavy atom. The van der Waals surface area contributed by atoms with Crippen molar-refractivity contribution >= 4 is 17.5 Å². The van der Waals surface area contributed by atoms with Crippen molar-refractivity contribution in [1.29, 1.82) is 0 Å². The van der Waals surface area contributed by atoms with E-state index in [4.69, 9.17) is 5.73 Å². The van der Waals surface area contributed by atoms with E-state index in [1.807, 2.05) is 4.90 Å². The third kappa shape index (κ3) is 3.54. The van der Waals surface area contributed by atoms with Gasteiger partial charge in [0, 0.05) is 44.0 Å². The molecule has 0 radical (unpaired) electrons. The highest BCUT2D eigenvalue weighted by molar-refractivity contribution is 6.00. The zero-order valence-corrected chi connectivity index (χ0v) is 12.9. The number of piperidine rings is 1. The Morgan fingerprint density at radius 3 is 2.52 bits per heavy atom. The van der Waals surface area contributed by atoms with Crippen LogP contribution in [0.15, 0.2) is 18.2 Å². The van der Waals surface area contributed by atoms with Crippen LogP contribution in [0.3, 0.4) is 0 Å². The fourth-order valence-corrected chi connectivity index (χ4v) is 2.71. The summed E-state index contributed by atoms with van der Waals surface area (Å²) in [5.74, 6) is 0.330. The van der Waals surface area contributed by atoms with Crippen molar-refractivity contribution in [3.05, 3.63) is 29.3 Å². The van der Waals surface area contributed by atoms with Crippen LogP contribution in [0.25, 0.3) is 0 Å². The molecule has 0 spiro atoms. The summed E-state index contributed by atoms with van der Waals surface area (Å²) >= 11 is 0. The van der Waals surface area contributed by atoms with E-state index < -0.39 is 0 Å². The lowest BCUT2D eigenvalue weighted by molar-refractivity contribution is 0.0683. The summed E-state index contributed by atoms with van der Waals surface area (Å²) in [6, 6.07) is 4.90. The molecule has 0 aliphatic carbocycles. The molecule has 1 heterocycles. The molecule has 2 N–H and O–H groups in total. The van der Waals surface area contributed by atoms with Crippen LogP contribution in [0.1, 0.15) is 40.5 Å². The molecule has 1 aliphatic heterocycles. The molecule has 5 heteroatoms. The fraction of sp³-hybridized carbons (Fsp3) is 0.500. The predicted molar refractivity (Wildman–Crippen MR) is 83.2 cm³/mol. The third-order valence-corrected chi connectivity index (χ3v) is 3.80. The zero-order valence-electron chi connectivity index (χ0n) is 12.9. The molecule has 1 fully saturated rings. The van der Waals surface area contributed by atoms with Crippen LogP contribution in [-0.2, 0) is 0 Å². The van der Waals surface area contributed by atoms with Crippen LogP contribution in [0, 0.1) is 5.92 Å². The molecule has 0 saturated carbocycles. The number of nitrogens with two attached hydrogens (primary N) is 1. The first-order chi connectivity index (χ1) is 9.88. The van der Waals surface area contributed by atoms with Crippen molar-refractivity contribution in [2.24, 2.45) is 5.92 Å². The number of nitrogen functional groups attached to an aromatic ring is 1. The van der Waals surface area contributed by atoms with Crippen LogP contribution in [0.2, 0.25) is 0 Å². The summed E-state index contributed by atoms with van der Waals surface area (Å²) in [5, 5.41) is 0. The van der Waals surface area contributed by atoms with E-state index in [1.54, 1.807) is 32.3 Å². The Balaban J connectivity index is 2.26. The van der Waals surface area contributed by atoms with E-state index in [0.717, 1.165) is 25.9 Å². The zero-order chi connectivity index (χ0) is 15.6. The summed E-state index contributed by atoms with van der Waals surface area (Å²) in [4.78, 5) is 28.0. The monoisotopic (exact) mass is 289 g/mol. The van der Waals surface area contributed by atoms with E-state index in [2.05, 4.69) is 6.92 Å². The maximum Gasteiger partial charge on any atom is 0.253 e. The molecule has 0 bridgehead atoms. The number of likely N-dealkylation sites (tertiary alicyclic amines) is 1. The van der Waals surface area contributed by atoms with Gasteiger partial charge in [0.15, 0.2) is 0 Å². The standard InChI is InChI=1S/C16H23N3O2/c1-11-5-4-6-19(10-11)16(21)13-7-12(8-14(17)9-13)15(20)18(2)3/h7-9,11H,4-6,10,17H2,1-3H3. The number of carbonyl (C=O) groups is 2. The normalized spacial score (nSPS) is 18.4. The molecule has 1 aromatic carbocycles. The van der Waals surface area contributed by atoms with Crippen molar-refractivity contribution < 1.29 is 9.59 Å². The number of nitrogens with zero attached hydrogens (tertiary/aromatic N) is 2. The first-order valence-electron chi connectivity index (χ1n) is 7.30. The number of hydrogen-bond donors (Lipinski definition) is 1. The quantitative estimate of drug-likeness (QED) is 0.845. The summed E-state index contributed by atoms with van der Waals surface area (Å²) in [5.41, 5.74) is 7.24. The van der Waals surface area contributed by atoms with Gasteiger partial charge in [-0.2, -0.15) is 0 Å². The molecule has 5 nitrogen and oxygen atoms in total. The van der Waals surface area contributed by atoms with Gasteiger partial charge in [-0.25, -0.2) is 0 Å². The molecule has 21 heavy (non-hydrogen) atoms. The smallest absolute Gasteiger partial charge is 0.253 e. The van der Waals surface area contributed by atoms with E-state index in [9.17, 15) is 9.59 Å². The van der Waals surface area contributed by atoms with E-state index >= 15 is 0 Å². The maximum atomic E-state index is 12.6. The van der Waals surface area contributed by atoms with Gasteiger partial charge in [-0.15, -0.1) is 0 Å². The minimum absolute atomic E-state index is 0.0401. The van der Waals surface area contributed by atoms with Gasteiger partial charge < -0.3 is 15.5 Å². The molecule has 1 aliphatic rings. The molecular weight excluding hydrogens is 266 g/mol. The van der Waals surface area contributed by atoms with Gasteiger partial charge >= 0.3 is 0 Å². The fourth-order valence-electron chi connectivity index (χ4n) is 2.71. The van der Waals surface area contributed by atoms with Gasteiger partial charge in [-0.1, -0.05) is 6.92 Å². The number of rotatable bonds is 2. The summed E-state index contributed by atoms with van der Waals surface area (Å²) in [6.45, 7) is 3.69. The first kappa shape index (κ1) is 15.4. The molecule has 0 aromatic heterocycles. The Labute approximate surface area is 125 Å². The molecule has 1 aromatic rings. The summed E-state index contributed by atoms with van der Waals surface area (Å²) < 4.78 is 0. The SMILES string of the molecule is CC1CCCN(C(=O)c2cc(N)cc(C(=O)N(C)C)c2)C1. The average molecular weight is 289 g/mol. The average Bonchev–Trinajstić information content (AvgIpc) is 2.44. The van der Waals surface area contributed by atoms with E-state index in [1.165, 1.54) is 4.90 Å². The van der Waals surface area contributed by atoms with Crippen LogP contribution in [-0.4, -0.2) is 48.8 Å². The second kappa shape index (κ2) is 6.16. The molecule has 1 unspecified atom stereocenters. The van der Waals surface area contributed by atoms with Crippen molar-refractivity contribution in [3.63, 3.8) is 0 Å².